The lowest BCUT2D eigenvalue weighted by Gasteiger charge is -2.14. The van der Waals surface area contributed by atoms with Gasteiger partial charge in [0.1, 0.15) is 5.82 Å². The predicted molar refractivity (Wildman–Crippen MR) is 117 cm³/mol. The molecule has 0 fully saturated rings. The van der Waals surface area contributed by atoms with Crippen LogP contribution in [0.25, 0.3) is 11.6 Å². The minimum absolute atomic E-state index is 0.185. The second-order valence-corrected chi connectivity index (χ2v) is 6.85. The quantitative estimate of drug-likeness (QED) is 0.428. The van der Waals surface area contributed by atoms with Crippen LogP contribution in [0, 0.1) is 5.82 Å². The maximum Gasteiger partial charge on any atom is 0.281 e. The number of carbonyl (C=O) groups is 1. The van der Waals surface area contributed by atoms with E-state index >= 15 is 0 Å². The van der Waals surface area contributed by atoms with E-state index in [1.807, 2.05) is 0 Å². The summed E-state index contributed by atoms with van der Waals surface area (Å²) in [7, 11) is 4.41. The molecule has 0 spiro atoms. The van der Waals surface area contributed by atoms with Gasteiger partial charge in [-0.05, 0) is 42.0 Å². The zero-order valence-corrected chi connectivity index (χ0v) is 18.2. The lowest BCUT2D eigenvalue weighted by Crippen LogP contribution is -2.18. The fourth-order valence-corrected chi connectivity index (χ4v) is 3.19. The molecule has 2 aromatic heterocycles. The third kappa shape index (κ3) is 4.49. The normalized spacial score (nSPS) is 10.7. The molecule has 0 aliphatic heterocycles. The molecular formula is C23H21FN4O5. The molecule has 10 heteroatoms. The van der Waals surface area contributed by atoms with E-state index in [1.165, 1.54) is 51.9 Å². The Kier molecular flexibility index (Phi) is 6.25. The van der Waals surface area contributed by atoms with Gasteiger partial charge >= 0.3 is 0 Å². The first-order valence-corrected chi connectivity index (χ1v) is 9.88. The Labute approximate surface area is 188 Å². The summed E-state index contributed by atoms with van der Waals surface area (Å²) < 4.78 is 35.7. The van der Waals surface area contributed by atoms with Gasteiger partial charge in [0.05, 0.1) is 27.6 Å². The monoisotopic (exact) mass is 452 g/mol. The van der Waals surface area contributed by atoms with E-state index in [0.29, 0.717) is 29.6 Å². The van der Waals surface area contributed by atoms with Gasteiger partial charge in [-0.1, -0.05) is 12.1 Å². The molecule has 0 amide bonds. The second kappa shape index (κ2) is 9.43. The first-order chi connectivity index (χ1) is 16.0. The van der Waals surface area contributed by atoms with E-state index in [0.717, 1.165) is 10.2 Å². The first-order valence-electron chi connectivity index (χ1n) is 9.88. The van der Waals surface area contributed by atoms with Gasteiger partial charge in [0.2, 0.25) is 17.5 Å². The molecular weight excluding hydrogens is 431 g/mol. The van der Waals surface area contributed by atoms with Crippen LogP contribution in [0.1, 0.15) is 15.9 Å². The third-order valence-electron chi connectivity index (χ3n) is 4.82. The number of rotatable bonds is 8. The Morgan fingerprint density at radius 2 is 1.76 bits per heavy atom. The first kappa shape index (κ1) is 21.9. The molecule has 0 radical (unpaired) electrons. The van der Waals surface area contributed by atoms with E-state index in [-0.39, 0.29) is 23.2 Å². The number of methoxy groups -OCH3 is 3. The van der Waals surface area contributed by atoms with Crippen molar-refractivity contribution in [2.45, 2.75) is 6.54 Å². The summed E-state index contributed by atoms with van der Waals surface area (Å²) >= 11 is 0. The zero-order chi connectivity index (χ0) is 23.4. The van der Waals surface area contributed by atoms with Crippen LogP contribution in [0.4, 0.5) is 10.3 Å². The summed E-state index contributed by atoms with van der Waals surface area (Å²) in [4.78, 5) is 17.8. The molecule has 0 aliphatic rings. The maximum absolute atomic E-state index is 13.4. The molecule has 0 unspecified atom stereocenters. The number of halogens is 1. The minimum Gasteiger partial charge on any atom is -0.493 e. The van der Waals surface area contributed by atoms with Gasteiger partial charge in [0, 0.05) is 12.1 Å². The number of nitrogens with zero attached hydrogens (tertiary/aromatic N) is 3. The van der Waals surface area contributed by atoms with Gasteiger partial charge in [-0.25, -0.2) is 4.39 Å². The number of anilines is 1. The molecule has 0 aliphatic carbocycles. The van der Waals surface area contributed by atoms with Crippen LogP contribution in [-0.2, 0) is 6.54 Å². The maximum atomic E-state index is 13.4. The van der Waals surface area contributed by atoms with Crippen molar-refractivity contribution in [3.8, 4) is 28.8 Å². The van der Waals surface area contributed by atoms with E-state index in [1.54, 1.807) is 24.3 Å². The minimum atomic E-state index is -0.485. The van der Waals surface area contributed by atoms with E-state index < -0.39 is 5.91 Å². The SMILES string of the molecule is COc1cc(C(=O)n2nc(-c3ccco3)nc2NCc2ccc(F)cc2)cc(OC)c1OC. The summed E-state index contributed by atoms with van der Waals surface area (Å²) in [6.45, 7) is 0.291. The molecule has 1 N–H and O–H groups in total. The van der Waals surface area contributed by atoms with Crippen molar-refractivity contribution >= 4 is 11.9 Å². The molecule has 2 heterocycles. The largest absolute Gasteiger partial charge is 0.493 e. The number of hydrogen-bond donors (Lipinski definition) is 1. The second-order valence-electron chi connectivity index (χ2n) is 6.85. The van der Waals surface area contributed by atoms with Gasteiger partial charge in [-0.2, -0.15) is 9.67 Å². The summed E-state index contributed by atoms with van der Waals surface area (Å²) in [6.07, 6.45) is 1.49. The van der Waals surface area contributed by atoms with E-state index in [4.69, 9.17) is 18.6 Å². The van der Waals surface area contributed by atoms with Crippen molar-refractivity contribution in [3.05, 3.63) is 71.7 Å². The Morgan fingerprint density at radius 1 is 1.06 bits per heavy atom. The van der Waals surface area contributed by atoms with Crippen LogP contribution in [0.2, 0.25) is 0 Å². The number of benzene rings is 2. The Hall–Kier alpha value is -4.34. The highest BCUT2D eigenvalue weighted by Gasteiger charge is 2.23. The summed E-state index contributed by atoms with van der Waals surface area (Å²) in [6, 6.07) is 12.4. The van der Waals surface area contributed by atoms with Gasteiger partial charge in [0.25, 0.3) is 5.91 Å². The molecule has 2 aromatic carbocycles. The van der Waals surface area contributed by atoms with Gasteiger partial charge in [-0.3, -0.25) is 4.79 Å². The van der Waals surface area contributed by atoms with Crippen molar-refractivity contribution in [1.82, 2.24) is 14.8 Å². The zero-order valence-electron chi connectivity index (χ0n) is 18.2. The lowest BCUT2D eigenvalue weighted by atomic mass is 10.1. The number of ether oxygens (including phenoxy) is 3. The topological polar surface area (TPSA) is 101 Å². The van der Waals surface area contributed by atoms with Crippen LogP contribution in [0.3, 0.4) is 0 Å². The van der Waals surface area contributed by atoms with Gasteiger partial charge in [0.15, 0.2) is 17.3 Å². The molecule has 9 nitrogen and oxygen atoms in total. The average molecular weight is 452 g/mol. The van der Waals surface area contributed by atoms with Crippen molar-refractivity contribution in [2.75, 3.05) is 26.6 Å². The Bertz CT molecular complexity index is 1230. The van der Waals surface area contributed by atoms with Crippen LogP contribution in [0.15, 0.2) is 59.2 Å². The molecule has 0 saturated carbocycles. The number of furan rings is 1. The van der Waals surface area contributed by atoms with Crippen molar-refractivity contribution in [2.24, 2.45) is 0 Å². The van der Waals surface area contributed by atoms with Gasteiger partial charge < -0.3 is 23.9 Å². The summed E-state index contributed by atoms with van der Waals surface area (Å²) in [5.74, 6) is 1.00. The third-order valence-corrected chi connectivity index (χ3v) is 4.82. The number of carbonyl (C=O) groups excluding carboxylic acids is 1. The highest BCUT2D eigenvalue weighted by Crippen LogP contribution is 2.38. The van der Waals surface area contributed by atoms with Crippen molar-refractivity contribution in [1.29, 1.82) is 0 Å². The van der Waals surface area contributed by atoms with Crippen LogP contribution in [-0.4, -0.2) is 42.0 Å². The standard InChI is InChI=1S/C23H21FN4O5/c1-30-18-11-15(12-19(31-2)20(18)32-3)22(29)28-23(25-13-14-6-8-16(24)9-7-14)26-21(27-28)17-5-4-10-33-17/h4-12H,13H2,1-3H3,(H,25,26,27). The molecule has 170 valence electrons. The fraction of sp³-hybridized carbons (Fsp3) is 0.174. The smallest absolute Gasteiger partial charge is 0.281 e. The number of hydrogen-bond acceptors (Lipinski definition) is 8. The Morgan fingerprint density at radius 3 is 2.33 bits per heavy atom. The number of aromatic nitrogens is 3. The van der Waals surface area contributed by atoms with Crippen molar-refractivity contribution < 1.29 is 27.8 Å². The molecule has 0 saturated heterocycles. The number of nitrogens with one attached hydrogen (secondary N) is 1. The van der Waals surface area contributed by atoms with E-state index in [9.17, 15) is 9.18 Å². The summed E-state index contributed by atoms with van der Waals surface area (Å²) in [5.41, 5.74) is 1.04. The Balaban J connectivity index is 1.72. The van der Waals surface area contributed by atoms with Crippen LogP contribution in [0.5, 0.6) is 17.2 Å². The summed E-state index contributed by atoms with van der Waals surface area (Å²) in [5, 5.41) is 7.41. The molecule has 4 rings (SSSR count). The average Bonchev–Trinajstić information content (AvgIpc) is 3.52. The van der Waals surface area contributed by atoms with Crippen LogP contribution < -0.4 is 19.5 Å². The molecule has 0 atom stereocenters. The fourth-order valence-electron chi connectivity index (χ4n) is 3.19. The van der Waals surface area contributed by atoms with Gasteiger partial charge in [-0.15, -0.1) is 5.10 Å². The van der Waals surface area contributed by atoms with E-state index in [2.05, 4.69) is 15.4 Å². The molecule has 4 aromatic rings. The predicted octanol–water partition coefficient (Wildman–Crippen LogP) is 4.00. The molecule has 33 heavy (non-hydrogen) atoms. The lowest BCUT2D eigenvalue weighted by molar-refractivity contribution is 0.0946. The highest BCUT2D eigenvalue weighted by molar-refractivity contribution is 5.98. The van der Waals surface area contributed by atoms with Crippen molar-refractivity contribution in [3.63, 3.8) is 0 Å². The van der Waals surface area contributed by atoms with Crippen LogP contribution >= 0.6 is 0 Å². The highest BCUT2D eigenvalue weighted by atomic mass is 19.1. The molecule has 0 bridgehead atoms.